The molecule has 1 atom stereocenters. The molecule has 2 heterocycles. The zero-order valence-corrected chi connectivity index (χ0v) is 19.1. The standard InChI is InChI=1S/C20H21N3O4S3/c1-21(2)29(24,25)16-8-10-17(11-9-16)30(26,27)23-19-7-5-4-6-18(19)22(3)20(23)15-12-13-28-14-15/h4-14,20H,1-3H3. The van der Waals surface area contributed by atoms with Gasteiger partial charge in [0.25, 0.3) is 10.0 Å². The summed E-state index contributed by atoms with van der Waals surface area (Å²) in [6, 6.07) is 14.6. The zero-order chi connectivity index (χ0) is 21.7. The molecule has 3 aromatic rings. The second-order valence-electron chi connectivity index (χ2n) is 7.09. The van der Waals surface area contributed by atoms with Crippen LogP contribution in [0.4, 0.5) is 11.4 Å². The topological polar surface area (TPSA) is 78.0 Å². The maximum atomic E-state index is 13.7. The summed E-state index contributed by atoms with van der Waals surface area (Å²) >= 11 is 1.50. The highest BCUT2D eigenvalue weighted by atomic mass is 32.2. The number of nitrogens with zero attached hydrogens (tertiary/aromatic N) is 3. The van der Waals surface area contributed by atoms with Crippen LogP contribution in [-0.4, -0.2) is 42.3 Å². The van der Waals surface area contributed by atoms with Crippen molar-refractivity contribution in [2.45, 2.75) is 16.0 Å². The lowest BCUT2D eigenvalue weighted by Crippen LogP contribution is -2.37. The molecule has 1 aliphatic rings. The summed E-state index contributed by atoms with van der Waals surface area (Å²) in [7, 11) is -2.87. The molecule has 0 fully saturated rings. The van der Waals surface area contributed by atoms with Gasteiger partial charge in [0.05, 0.1) is 21.2 Å². The molecule has 1 unspecified atom stereocenters. The zero-order valence-electron chi connectivity index (χ0n) is 16.6. The van der Waals surface area contributed by atoms with Gasteiger partial charge in [-0.15, -0.1) is 0 Å². The Labute approximate surface area is 180 Å². The van der Waals surface area contributed by atoms with E-state index in [4.69, 9.17) is 0 Å². The van der Waals surface area contributed by atoms with Crippen LogP contribution in [-0.2, 0) is 20.0 Å². The largest absolute Gasteiger partial charge is 0.348 e. The highest BCUT2D eigenvalue weighted by Gasteiger charge is 2.42. The van der Waals surface area contributed by atoms with Gasteiger partial charge in [-0.25, -0.2) is 25.4 Å². The first kappa shape index (κ1) is 20.9. The van der Waals surface area contributed by atoms with Crippen molar-refractivity contribution in [3.8, 4) is 0 Å². The molecule has 2 aromatic carbocycles. The molecule has 0 saturated carbocycles. The van der Waals surface area contributed by atoms with Gasteiger partial charge in [-0.2, -0.15) is 11.3 Å². The molecule has 1 aromatic heterocycles. The Hall–Kier alpha value is -2.40. The fourth-order valence-electron chi connectivity index (χ4n) is 3.52. The number of sulfonamides is 2. The van der Waals surface area contributed by atoms with E-state index in [0.717, 1.165) is 15.6 Å². The molecule has 0 N–H and O–H groups in total. The fraction of sp³-hybridized carbons (Fsp3) is 0.200. The number of thiophene rings is 1. The predicted molar refractivity (Wildman–Crippen MR) is 119 cm³/mol. The number of fused-ring (bicyclic) bond motifs is 1. The SMILES string of the molecule is CN1c2ccccc2N(S(=O)(=O)c2ccc(S(=O)(=O)N(C)C)cc2)C1c1ccsc1. The van der Waals surface area contributed by atoms with E-state index in [2.05, 4.69) is 0 Å². The van der Waals surface area contributed by atoms with Crippen LogP contribution in [0.1, 0.15) is 11.7 Å². The number of hydrogen-bond donors (Lipinski definition) is 0. The Morgan fingerprint density at radius 2 is 1.47 bits per heavy atom. The van der Waals surface area contributed by atoms with E-state index in [1.807, 2.05) is 40.9 Å². The van der Waals surface area contributed by atoms with E-state index >= 15 is 0 Å². The molecule has 7 nitrogen and oxygen atoms in total. The third-order valence-corrected chi connectivity index (χ3v) is 9.40. The predicted octanol–water partition coefficient (Wildman–Crippen LogP) is 3.34. The minimum Gasteiger partial charge on any atom is -0.348 e. The Kier molecular flexibility index (Phi) is 5.13. The highest BCUT2D eigenvalue weighted by Crippen LogP contribution is 2.48. The summed E-state index contributed by atoms with van der Waals surface area (Å²) in [5, 5.41) is 3.85. The molecule has 0 saturated heterocycles. The van der Waals surface area contributed by atoms with Gasteiger partial charge in [-0.3, -0.25) is 0 Å². The first-order valence-electron chi connectivity index (χ1n) is 9.06. The van der Waals surface area contributed by atoms with Gasteiger partial charge in [0.15, 0.2) is 0 Å². The van der Waals surface area contributed by atoms with Crippen molar-refractivity contribution in [1.82, 2.24) is 4.31 Å². The van der Waals surface area contributed by atoms with Crippen LogP contribution in [0.3, 0.4) is 0 Å². The van der Waals surface area contributed by atoms with E-state index in [-0.39, 0.29) is 9.79 Å². The number of rotatable bonds is 5. The molecule has 4 rings (SSSR count). The van der Waals surface area contributed by atoms with E-state index in [0.29, 0.717) is 5.69 Å². The summed E-state index contributed by atoms with van der Waals surface area (Å²) in [5.74, 6) is 0. The van der Waals surface area contributed by atoms with Crippen LogP contribution in [0.25, 0.3) is 0 Å². The van der Waals surface area contributed by atoms with Gasteiger partial charge in [0.2, 0.25) is 10.0 Å². The van der Waals surface area contributed by atoms with Crippen LogP contribution >= 0.6 is 11.3 Å². The maximum absolute atomic E-state index is 13.7. The molecule has 30 heavy (non-hydrogen) atoms. The van der Waals surface area contributed by atoms with Crippen LogP contribution in [0.15, 0.2) is 75.1 Å². The average molecular weight is 464 g/mol. The van der Waals surface area contributed by atoms with Crippen molar-refractivity contribution in [2.24, 2.45) is 0 Å². The summed E-state index contributed by atoms with van der Waals surface area (Å²) in [6.07, 6.45) is -0.524. The van der Waals surface area contributed by atoms with Gasteiger partial charge < -0.3 is 4.90 Å². The van der Waals surface area contributed by atoms with Gasteiger partial charge in [0.1, 0.15) is 6.17 Å². The molecule has 0 amide bonds. The quantitative estimate of drug-likeness (QED) is 0.580. The normalized spacial score (nSPS) is 16.9. The summed E-state index contributed by atoms with van der Waals surface area (Å²) in [4.78, 5) is 2.00. The first-order chi connectivity index (χ1) is 14.2. The van der Waals surface area contributed by atoms with Gasteiger partial charge in [-0.05, 0) is 53.2 Å². The summed E-state index contributed by atoms with van der Waals surface area (Å²) < 4.78 is 54.5. The lowest BCUT2D eigenvalue weighted by atomic mass is 10.2. The molecule has 1 aliphatic heterocycles. The number of anilines is 2. The Morgan fingerprint density at radius 3 is 2.03 bits per heavy atom. The average Bonchev–Trinajstić information content (AvgIpc) is 3.34. The minimum atomic E-state index is -3.95. The maximum Gasteiger partial charge on any atom is 0.266 e. The van der Waals surface area contributed by atoms with Gasteiger partial charge in [0, 0.05) is 26.7 Å². The molecule has 158 valence electrons. The van der Waals surface area contributed by atoms with Crippen molar-refractivity contribution in [3.63, 3.8) is 0 Å². The van der Waals surface area contributed by atoms with Gasteiger partial charge in [-0.1, -0.05) is 12.1 Å². The van der Waals surface area contributed by atoms with Crippen molar-refractivity contribution in [3.05, 3.63) is 70.9 Å². The lowest BCUT2D eigenvalue weighted by Gasteiger charge is -2.29. The van der Waals surface area contributed by atoms with Crippen molar-refractivity contribution in [2.75, 3.05) is 30.3 Å². The van der Waals surface area contributed by atoms with E-state index in [1.54, 1.807) is 12.1 Å². The minimum absolute atomic E-state index is 0.0329. The second-order valence-corrected chi connectivity index (χ2v) is 11.8. The summed E-state index contributed by atoms with van der Waals surface area (Å²) in [6.45, 7) is 0. The molecule has 0 radical (unpaired) electrons. The molecule has 0 bridgehead atoms. The number of para-hydroxylation sites is 2. The Bertz CT molecular complexity index is 1270. The van der Waals surface area contributed by atoms with Crippen molar-refractivity contribution < 1.29 is 16.8 Å². The van der Waals surface area contributed by atoms with Crippen LogP contribution in [0.2, 0.25) is 0 Å². The highest BCUT2D eigenvalue weighted by molar-refractivity contribution is 7.93. The van der Waals surface area contributed by atoms with Gasteiger partial charge >= 0.3 is 0 Å². The molecular weight excluding hydrogens is 442 g/mol. The number of benzene rings is 2. The van der Waals surface area contributed by atoms with Crippen molar-refractivity contribution in [1.29, 1.82) is 0 Å². The number of hydrogen-bond acceptors (Lipinski definition) is 6. The Balaban J connectivity index is 1.83. The smallest absolute Gasteiger partial charge is 0.266 e. The molecule has 0 spiro atoms. The lowest BCUT2D eigenvalue weighted by molar-refractivity contribution is 0.520. The van der Waals surface area contributed by atoms with Crippen LogP contribution in [0.5, 0.6) is 0 Å². The first-order valence-corrected chi connectivity index (χ1v) is 12.9. The fourth-order valence-corrected chi connectivity index (χ4v) is 6.74. The van der Waals surface area contributed by atoms with Crippen LogP contribution in [0, 0.1) is 0 Å². The van der Waals surface area contributed by atoms with E-state index in [1.165, 1.54) is 54.0 Å². The monoisotopic (exact) mass is 463 g/mol. The molecule has 10 heteroatoms. The van der Waals surface area contributed by atoms with Crippen molar-refractivity contribution >= 4 is 42.8 Å². The van der Waals surface area contributed by atoms with E-state index < -0.39 is 26.2 Å². The third-order valence-electron chi connectivity index (χ3n) is 5.09. The second kappa shape index (κ2) is 7.38. The Morgan fingerprint density at radius 1 is 0.867 bits per heavy atom. The molecular formula is C20H21N3O4S3. The summed E-state index contributed by atoms with van der Waals surface area (Å²) in [5.41, 5.74) is 2.26. The van der Waals surface area contributed by atoms with E-state index in [9.17, 15) is 16.8 Å². The third kappa shape index (κ3) is 3.20. The van der Waals surface area contributed by atoms with Crippen LogP contribution < -0.4 is 9.21 Å². The molecule has 0 aliphatic carbocycles.